The number of hydrogen-bond acceptors (Lipinski definition) is 6. The van der Waals surface area contributed by atoms with E-state index in [1.165, 1.54) is 6.26 Å². The first kappa shape index (κ1) is 19.6. The van der Waals surface area contributed by atoms with E-state index in [0.717, 1.165) is 16.9 Å². The fraction of sp³-hybridized carbons (Fsp3) is 0.208. The van der Waals surface area contributed by atoms with E-state index in [0.29, 0.717) is 22.5 Å². The van der Waals surface area contributed by atoms with Crippen molar-refractivity contribution in [3.8, 4) is 28.8 Å². The third-order valence-electron chi connectivity index (χ3n) is 4.68. The molecule has 30 heavy (non-hydrogen) atoms. The summed E-state index contributed by atoms with van der Waals surface area (Å²) in [6, 6.07) is 14.5. The summed E-state index contributed by atoms with van der Waals surface area (Å²) in [5.74, 6) is 2.25. The molecule has 2 aromatic carbocycles. The minimum Gasteiger partial charge on any atom is -0.497 e. The topological polar surface area (TPSA) is 71.0 Å². The van der Waals surface area contributed by atoms with Gasteiger partial charge in [-0.3, -0.25) is 4.79 Å². The first-order valence-electron chi connectivity index (χ1n) is 9.58. The second kappa shape index (κ2) is 8.37. The molecule has 0 saturated heterocycles. The molecule has 0 bridgehead atoms. The number of rotatable bonds is 7. The summed E-state index contributed by atoms with van der Waals surface area (Å²) >= 11 is 0. The number of ether oxygens (including phenoxy) is 3. The molecule has 0 aliphatic carbocycles. The molecule has 0 saturated carbocycles. The zero-order chi connectivity index (χ0) is 21.1. The Morgan fingerprint density at radius 1 is 0.933 bits per heavy atom. The minimum absolute atomic E-state index is 0.112. The zero-order valence-electron chi connectivity index (χ0n) is 17.1. The number of fused-ring (bicyclic) bond motifs is 1. The lowest BCUT2D eigenvalue weighted by molar-refractivity contribution is 0.214. The summed E-state index contributed by atoms with van der Waals surface area (Å²) in [5, 5.41) is 0.480. The van der Waals surface area contributed by atoms with Crippen molar-refractivity contribution in [1.29, 1.82) is 0 Å². The maximum atomic E-state index is 13.2. The Hall–Kier alpha value is -3.67. The lowest BCUT2D eigenvalue weighted by atomic mass is 10.1. The normalized spacial score (nSPS) is 10.9. The average Bonchev–Trinajstić information content (AvgIpc) is 3.28. The minimum atomic E-state index is -0.237. The number of methoxy groups -OCH3 is 1. The van der Waals surface area contributed by atoms with E-state index in [2.05, 4.69) is 0 Å². The van der Waals surface area contributed by atoms with Gasteiger partial charge in [0.1, 0.15) is 30.3 Å². The largest absolute Gasteiger partial charge is 0.497 e. The Labute approximate surface area is 173 Å². The molecule has 0 amide bonds. The molecule has 6 nitrogen and oxygen atoms in total. The van der Waals surface area contributed by atoms with Crippen molar-refractivity contribution < 1.29 is 23.0 Å². The van der Waals surface area contributed by atoms with Gasteiger partial charge in [0.25, 0.3) is 0 Å². The average molecular weight is 406 g/mol. The second-order valence-corrected chi connectivity index (χ2v) is 6.90. The van der Waals surface area contributed by atoms with Gasteiger partial charge in [-0.15, -0.1) is 0 Å². The van der Waals surface area contributed by atoms with Crippen molar-refractivity contribution in [3.05, 3.63) is 76.1 Å². The Kier molecular flexibility index (Phi) is 5.48. The highest BCUT2D eigenvalue weighted by molar-refractivity contribution is 5.84. The summed E-state index contributed by atoms with van der Waals surface area (Å²) in [6.07, 6.45) is 1.53. The summed E-state index contributed by atoms with van der Waals surface area (Å²) in [4.78, 5) is 13.2. The smallest absolute Gasteiger partial charge is 0.235 e. The third kappa shape index (κ3) is 3.89. The molecule has 4 aromatic rings. The highest BCUT2D eigenvalue weighted by Crippen LogP contribution is 2.32. The molecule has 0 aliphatic heterocycles. The van der Waals surface area contributed by atoms with E-state index in [1.807, 2.05) is 44.2 Å². The van der Waals surface area contributed by atoms with Crippen LogP contribution in [0.1, 0.15) is 11.1 Å². The van der Waals surface area contributed by atoms with Crippen LogP contribution >= 0.6 is 0 Å². The number of hydrogen-bond donors (Lipinski definition) is 0. The van der Waals surface area contributed by atoms with E-state index < -0.39 is 0 Å². The highest BCUT2D eigenvalue weighted by atomic mass is 16.5. The molecule has 6 heteroatoms. The van der Waals surface area contributed by atoms with Gasteiger partial charge in [-0.2, -0.15) is 0 Å². The maximum Gasteiger partial charge on any atom is 0.235 e. The molecule has 154 valence electrons. The van der Waals surface area contributed by atoms with E-state index in [9.17, 15) is 4.79 Å². The molecule has 0 radical (unpaired) electrons. The summed E-state index contributed by atoms with van der Waals surface area (Å²) < 4.78 is 28.2. The molecule has 0 spiro atoms. The van der Waals surface area contributed by atoms with E-state index in [-0.39, 0.29) is 30.2 Å². The van der Waals surface area contributed by atoms with Crippen LogP contribution < -0.4 is 19.6 Å². The van der Waals surface area contributed by atoms with Gasteiger partial charge in [0.05, 0.1) is 18.8 Å². The van der Waals surface area contributed by atoms with Crippen LogP contribution in [-0.4, -0.2) is 20.3 Å². The van der Waals surface area contributed by atoms with Crippen LogP contribution in [-0.2, 0) is 0 Å². The molecule has 2 heterocycles. The van der Waals surface area contributed by atoms with Gasteiger partial charge in [-0.05, 0) is 67.4 Å². The van der Waals surface area contributed by atoms with E-state index in [4.69, 9.17) is 23.0 Å². The van der Waals surface area contributed by atoms with Crippen LogP contribution in [0.4, 0.5) is 0 Å². The monoisotopic (exact) mass is 406 g/mol. The van der Waals surface area contributed by atoms with E-state index in [1.54, 1.807) is 25.3 Å². The first-order chi connectivity index (χ1) is 14.6. The predicted molar refractivity (Wildman–Crippen MR) is 114 cm³/mol. The zero-order valence-corrected chi connectivity index (χ0v) is 17.1. The molecule has 4 rings (SSSR count). The van der Waals surface area contributed by atoms with Gasteiger partial charge in [0.15, 0.2) is 5.76 Å². The number of benzene rings is 2. The van der Waals surface area contributed by atoms with Crippen LogP contribution in [0.2, 0.25) is 0 Å². The van der Waals surface area contributed by atoms with Crippen LogP contribution in [0.5, 0.6) is 17.2 Å². The van der Waals surface area contributed by atoms with Gasteiger partial charge < -0.3 is 23.0 Å². The van der Waals surface area contributed by atoms with Gasteiger partial charge in [-0.25, -0.2) is 0 Å². The Bertz CT molecular complexity index is 1200. The van der Waals surface area contributed by atoms with Crippen molar-refractivity contribution in [2.24, 2.45) is 0 Å². The summed E-state index contributed by atoms with van der Waals surface area (Å²) in [5.41, 5.74) is 2.15. The summed E-state index contributed by atoms with van der Waals surface area (Å²) in [6.45, 7) is 4.28. The number of aryl methyl sites for hydroxylation is 2. The number of furan rings is 1. The SMILES string of the molecule is COc1ccc(OCCOc2c(-c3ccco3)oc3c(C)cc(C)cc3c2=O)cc1. The quantitative estimate of drug-likeness (QED) is 0.396. The van der Waals surface area contributed by atoms with Crippen LogP contribution in [0, 0.1) is 13.8 Å². The molecule has 2 aromatic heterocycles. The summed E-state index contributed by atoms with van der Waals surface area (Å²) in [7, 11) is 1.61. The Morgan fingerprint density at radius 2 is 1.67 bits per heavy atom. The molecular formula is C24H22O6. The maximum absolute atomic E-state index is 13.2. The second-order valence-electron chi connectivity index (χ2n) is 6.90. The van der Waals surface area contributed by atoms with Gasteiger partial charge in [0.2, 0.25) is 16.9 Å². The fourth-order valence-electron chi connectivity index (χ4n) is 3.31. The van der Waals surface area contributed by atoms with Gasteiger partial charge in [-0.1, -0.05) is 6.07 Å². The molecule has 0 unspecified atom stereocenters. The lowest BCUT2D eigenvalue weighted by Crippen LogP contribution is -2.15. The van der Waals surface area contributed by atoms with Crippen molar-refractivity contribution >= 4 is 11.0 Å². The van der Waals surface area contributed by atoms with Crippen molar-refractivity contribution in [2.45, 2.75) is 13.8 Å². The highest BCUT2D eigenvalue weighted by Gasteiger charge is 2.20. The lowest BCUT2D eigenvalue weighted by Gasteiger charge is -2.12. The van der Waals surface area contributed by atoms with Crippen molar-refractivity contribution in [3.63, 3.8) is 0 Å². The van der Waals surface area contributed by atoms with Crippen LogP contribution in [0.3, 0.4) is 0 Å². The molecule has 0 atom stereocenters. The Balaban J connectivity index is 1.61. The first-order valence-corrected chi connectivity index (χ1v) is 9.58. The van der Waals surface area contributed by atoms with Gasteiger partial charge >= 0.3 is 0 Å². The predicted octanol–water partition coefficient (Wildman–Crippen LogP) is 5.14. The Morgan fingerprint density at radius 3 is 2.37 bits per heavy atom. The molecular weight excluding hydrogens is 384 g/mol. The standard InChI is InChI=1S/C24H22O6/c1-15-13-16(2)22-19(14-15)21(25)24(23(30-22)20-5-4-10-28-20)29-12-11-27-18-8-6-17(26-3)7-9-18/h4-10,13-14H,11-12H2,1-3H3. The molecule has 0 N–H and O–H groups in total. The third-order valence-corrected chi connectivity index (χ3v) is 4.68. The van der Waals surface area contributed by atoms with Crippen molar-refractivity contribution in [2.75, 3.05) is 20.3 Å². The van der Waals surface area contributed by atoms with Crippen LogP contribution in [0.25, 0.3) is 22.5 Å². The van der Waals surface area contributed by atoms with Crippen molar-refractivity contribution in [1.82, 2.24) is 0 Å². The molecule has 0 fully saturated rings. The van der Waals surface area contributed by atoms with E-state index >= 15 is 0 Å². The molecule has 0 aliphatic rings. The fourth-order valence-corrected chi connectivity index (χ4v) is 3.31. The van der Waals surface area contributed by atoms with Gasteiger partial charge in [0, 0.05) is 0 Å². The van der Waals surface area contributed by atoms with Crippen LogP contribution in [0.15, 0.2) is 68.4 Å².